The third-order valence-electron chi connectivity index (χ3n) is 2.86. The Morgan fingerprint density at radius 3 is 2.45 bits per heavy atom. The van der Waals surface area contributed by atoms with Gasteiger partial charge in [-0.05, 0) is 43.6 Å². The molecule has 0 aromatic heterocycles. The number of Topliss-reactive ketones (excluding diaryl/α,β-unsaturated/α-hetero) is 1. The van der Waals surface area contributed by atoms with Crippen LogP contribution in [0, 0.1) is 0 Å². The number of carbonyl (C=O) groups is 2. The fraction of sp³-hybridized carbons (Fsp3) is 0.429. The van der Waals surface area contributed by atoms with Crippen LogP contribution < -0.4 is 10.1 Å². The molecule has 0 spiro atoms. The first kappa shape index (κ1) is 17.3. The van der Waals surface area contributed by atoms with E-state index in [4.69, 9.17) is 15.0 Å². The first-order valence-corrected chi connectivity index (χ1v) is 6.65. The van der Waals surface area contributed by atoms with Crippen molar-refractivity contribution in [2.75, 3.05) is 19.0 Å². The number of rotatable bonds is 8. The second-order valence-electron chi connectivity index (χ2n) is 4.36. The van der Waals surface area contributed by atoms with Crippen molar-refractivity contribution in [3.8, 4) is 5.75 Å². The molecule has 0 amide bonds. The third kappa shape index (κ3) is 4.68. The van der Waals surface area contributed by atoms with Gasteiger partial charge in [0.15, 0.2) is 0 Å². The maximum Gasteiger partial charge on any atom is 0.329 e. The number of methoxy groups -OCH3 is 1. The van der Waals surface area contributed by atoms with E-state index in [0.29, 0.717) is 11.4 Å². The van der Waals surface area contributed by atoms with Gasteiger partial charge in [-0.1, -0.05) is 5.11 Å². The maximum atomic E-state index is 12.0. The number of ketones is 1. The van der Waals surface area contributed by atoms with Crippen molar-refractivity contribution >= 4 is 17.4 Å². The zero-order valence-corrected chi connectivity index (χ0v) is 12.6. The molecule has 1 rings (SSSR count). The minimum Gasteiger partial charge on any atom is -0.497 e. The first-order valence-electron chi connectivity index (χ1n) is 6.65. The number of carbonyl (C=O) groups excluding carboxylic acids is 2. The number of ether oxygens (including phenoxy) is 2. The molecule has 118 valence electrons. The topological polar surface area (TPSA) is 113 Å². The number of azide groups is 1. The summed E-state index contributed by atoms with van der Waals surface area (Å²) in [4.78, 5) is 26.3. The highest BCUT2D eigenvalue weighted by Crippen LogP contribution is 2.18. The molecule has 2 atom stereocenters. The van der Waals surface area contributed by atoms with Crippen LogP contribution in [0.25, 0.3) is 10.4 Å². The van der Waals surface area contributed by atoms with Gasteiger partial charge in [-0.2, -0.15) is 0 Å². The second-order valence-corrected chi connectivity index (χ2v) is 4.36. The average Bonchev–Trinajstić information content (AvgIpc) is 2.51. The molecule has 0 fully saturated rings. The summed E-state index contributed by atoms with van der Waals surface area (Å²) in [6.45, 7) is 3.06. The normalized spacial score (nSPS) is 12.5. The Bertz CT molecular complexity index is 565. The predicted octanol–water partition coefficient (Wildman–Crippen LogP) is 2.31. The summed E-state index contributed by atoms with van der Waals surface area (Å²) >= 11 is 0. The standard InChI is InChI=1S/C14H18N4O4/c1-4-22-14(20)13(12(9(2)19)17-18-15)16-10-5-7-11(21-3)8-6-10/h5-8,12-13,16H,4H2,1-3H3/t12-,13+/m1/s1. The molecule has 1 N–H and O–H groups in total. The number of nitrogens with zero attached hydrogens (tertiary/aromatic N) is 3. The molecule has 0 saturated heterocycles. The lowest BCUT2D eigenvalue weighted by atomic mass is 10.1. The molecule has 1 aromatic carbocycles. The van der Waals surface area contributed by atoms with E-state index in [1.807, 2.05) is 0 Å². The van der Waals surface area contributed by atoms with Gasteiger partial charge in [0, 0.05) is 10.6 Å². The van der Waals surface area contributed by atoms with Gasteiger partial charge in [-0.25, -0.2) is 4.79 Å². The molecule has 0 aliphatic heterocycles. The molecule has 0 radical (unpaired) electrons. The zero-order valence-electron chi connectivity index (χ0n) is 12.6. The average molecular weight is 306 g/mol. The molecule has 22 heavy (non-hydrogen) atoms. The monoisotopic (exact) mass is 306 g/mol. The molecule has 0 unspecified atom stereocenters. The fourth-order valence-electron chi connectivity index (χ4n) is 1.80. The van der Waals surface area contributed by atoms with Crippen LogP contribution in [0.5, 0.6) is 5.75 Å². The summed E-state index contributed by atoms with van der Waals surface area (Å²) in [6, 6.07) is 4.46. The van der Waals surface area contributed by atoms with Crippen molar-refractivity contribution in [3.63, 3.8) is 0 Å². The summed E-state index contributed by atoms with van der Waals surface area (Å²) < 4.78 is 9.98. The molecule has 0 saturated carbocycles. The lowest BCUT2D eigenvalue weighted by Gasteiger charge is -2.22. The van der Waals surface area contributed by atoms with Crippen molar-refractivity contribution in [2.45, 2.75) is 25.9 Å². The van der Waals surface area contributed by atoms with Crippen LogP contribution in [0.2, 0.25) is 0 Å². The minimum absolute atomic E-state index is 0.153. The summed E-state index contributed by atoms with van der Waals surface area (Å²) in [6.07, 6.45) is 0. The van der Waals surface area contributed by atoms with Crippen LogP contribution in [0.3, 0.4) is 0 Å². The summed E-state index contributed by atoms with van der Waals surface area (Å²) in [5, 5.41) is 6.27. The summed E-state index contributed by atoms with van der Waals surface area (Å²) in [5.74, 6) is -0.445. The molecule has 0 heterocycles. The smallest absolute Gasteiger partial charge is 0.329 e. The van der Waals surface area contributed by atoms with Gasteiger partial charge in [0.1, 0.15) is 23.6 Å². The van der Waals surface area contributed by atoms with Gasteiger partial charge in [0.2, 0.25) is 0 Å². The number of esters is 1. The van der Waals surface area contributed by atoms with Crippen LogP contribution in [0.1, 0.15) is 13.8 Å². The maximum absolute atomic E-state index is 12.0. The highest BCUT2D eigenvalue weighted by atomic mass is 16.5. The first-order chi connectivity index (χ1) is 10.5. The highest BCUT2D eigenvalue weighted by Gasteiger charge is 2.32. The van der Waals surface area contributed by atoms with Crippen LogP contribution in [-0.4, -0.2) is 37.6 Å². The van der Waals surface area contributed by atoms with Crippen molar-refractivity contribution in [3.05, 3.63) is 34.7 Å². The number of nitrogens with one attached hydrogen (secondary N) is 1. The number of hydrogen-bond acceptors (Lipinski definition) is 6. The van der Waals surface area contributed by atoms with Gasteiger partial charge in [0.25, 0.3) is 0 Å². The fourth-order valence-corrected chi connectivity index (χ4v) is 1.80. The Morgan fingerprint density at radius 1 is 1.36 bits per heavy atom. The van der Waals surface area contributed by atoms with Gasteiger partial charge in [0.05, 0.1) is 13.7 Å². The molecule has 8 nitrogen and oxygen atoms in total. The highest BCUT2D eigenvalue weighted by molar-refractivity contribution is 5.92. The quantitative estimate of drug-likeness (QED) is 0.342. The van der Waals surface area contributed by atoms with E-state index in [-0.39, 0.29) is 6.61 Å². The Kier molecular flexibility index (Phi) is 6.72. The zero-order chi connectivity index (χ0) is 16.5. The van der Waals surface area contributed by atoms with Gasteiger partial charge < -0.3 is 14.8 Å². The Balaban J connectivity index is 3.05. The summed E-state index contributed by atoms with van der Waals surface area (Å²) in [7, 11) is 1.54. The Morgan fingerprint density at radius 2 is 2.00 bits per heavy atom. The SMILES string of the molecule is CCOC(=O)[C@@H](Nc1ccc(OC)cc1)[C@H](N=[N+]=[N-])C(C)=O. The van der Waals surface area contributed by atoms with E-state index >= 15 is 0 Å². The second kappa shape index (κ2) is 8.53. The number of benzene rings is 1. The number of hydrogen-bond donors (Lipinski definition) is 1. The third-order valence-corrected chi connectivity index (χ3v) is 2.86. The van der Waals surface area contributed by atoms with Crippen molar-refractivity contribution in [1.29, 1.82) is 0 Å². The van der Waals surface area contributed by atoms with Crippen molar-refractivity contribution in [1.82, 2.24) is 0 Å². The van der Waals surface area contributed by atoms with Crippen LogP contribution >= 0.6 is 0 Å². The molecular formula is C14H18N4O4. The van der Waals surface area contributed by atoms with E-state index in [2.05, 4.69) is 15.3 Å². The predicted molar refractivity (Wildman–Crippen MR) is 80.7 cm³/mol. The molecule has 8 heteroatoms. The van der Waals surface area contributed by atoms with E-state index in [1.54, 1.807) is 31.2 Å². The van der Waals surface area contributed by atoms with Gasteiger partial charge in [-0.15, -0.1) is 0 Å². The molecule has 1 aromatic rings. The van der Waals surface area contributed by atoms with Crippen LogP contribution in [-0.2, 0) is 14.3 Å². The molecule has 0 aliphatic carbocycles. The van der Waals surface area contributed by atoms with Crippen molar-refractivity contribution in [2.24, 2.45) is 5.11 Å². The van der Waals surface area contributed by atoms with Gasteiger partial charge in [-0.3, -0.25) is 4.79 Å². The lowest BCUT2D eigenvalue weighted by Crippen LogP contribution is -2.44. The molecule has 0 bridgehead atoms. The minimum atomic E-state index is -1.19. The Hall–Kier alpha value is -2.73. The van der Waals surface area contributed by atoms with E-state index in [9.17, 15) is 9.59 Å². The summed E-state index contributed by atoms with van der Waals surface area (Å²) in [5.41, 5.74) is 9.16. The van der Waals surface area contributed by atoms with E-state index < -0.39 is 23.8 Å². The Labute approximate surface area is 128 Å². The molecule has 0 aliphatic rings. The van der Waals surface area contributed by atoms with E-state index in [0.717, 1.165) is 0 Å². The largest absolute Gasteiger partial charge is 0.497 e. The van der Waals surface area contributed by atoms with Gasteiger partial charge >= 0.3 is 5.97 Å². The molecular weight excluding hydrogens is 288 g/mol. The number of anilines is 1. The van der Waals surface area contributed by atoms with Crippen molar-refractivity contribution < 1.29 is 19.1 Å². The van der Waals surface area contributed by atoms with Crippen LogP contribution in [0.15, 0.2) is 29.4 Å². The van der Waals surface area contributed by atoms with Crippen LogP contribution in [0.4, 0.5) is 5.69 Å². The lowest BCUT2D eigenvalue weighted by molar-refractivity contribution is -0.145. The van der Waals surface area contributed by atoms with E-state index in [1.165, 1.54) is 14.0 Å².